The molecule has 112 valence electrons. The van der Waals surface area contributed by atoms with Crippen molar-refractivity contribution in [2.24, 2.45) is 0 Å². The minimum Gasteiger partial charge on any atom is -0.462 e. The number of carbonyl (C=O) groups is 2. The molecule has 0 aromatic rings. The molecular formula is C16H24O4. The average molecular weight is 280 g/mol. The summed E-state index contributed by atoms with van der Waals surface area (Å²) < 4.78 is 9.88. The lowest BCUT2D eigenvalue weighted by Gasteiger charge is -2.03. The van der Waals surface area contributed by atoms with Crippen LogP contribution in [0.3, 0.4) is 0 Å². The molecule has 4 nitrogen and oxygen atoms in total. The highest BCUT2D eigenvalue weighted by molar-refractivity contribution is 5.91. The van der Waals surface area contributed by atoms with Crippen molar-refractivity contribution in [1.82, 2.24) is 0 Å². The van der Waals surface area contributed by atoms with Gasteiger partial charge in [-0.05, 0) is 27.7 Å². The van der Waals surface area contributed by atoms with Crippen LogP contribution in [0.1, 0.15) is 40.5 Å². The molecule has 0 saturated carbocycles. The van der Waals surface area contributed by atoms with Gasteiger partial charge in [0.25, 0.3) is 0 Å². The number of allylic oxidation sites excluding steroid dienone is 2. The van der Waals surface area contributed by atoms with E-state index in [2.05, 4.69) is 0 Å². The van der Waals surface area contributed by atoms with Crippen LogP contribution in [-0.2, 0) is 19.1 Å². The zero-order valence-corrected chi connectivity index (χ0v) is 12.8. The van der Waals surface area contributed by atoms with Crippen LogP contribution >= 0.6 is 0 Å². The topological polar surface area (TPSA) is 52.6 Å². The maximum absolute atomic E-state index is 11.3. The first kappa shape index (κ1) is 18.2. The smallest absolute Gasteiger partial charge is 0.331 e. The fourth-order valence-electron chi connectivity index (χ4n) is 1.15. The second-order valence-electron chi connectivity index (χ2n) is 4.44. The molecule has 0 aromatic carbocycles. The summed E-state index contributed by atoms with van der Waals surface area (Å²) in [4.78, 5) is 22.6. The molecule has 0 spiro atoms. The van der Waals surface area contributed by atoms with Crippen LogP contribution in [0, 0.1) is 0 Å². The molecule has 4 heteroatoms. The van der Waals surface area contributed by atoms with E-state index >= 15 is 0 Å². The molecule has 0 saturated heterocycles. The third-order valence-electron chi connectivity index (χ3n) is 2.82. The van der Waals surface area contributed by atoms with Crippen LogP contribution < -0.4 is 0 Å². The molecule has 0 aliphatic rings. The lowest BCUT2D eigenvalue weighted by Crippen LogP contribution is -2.06. The number of ether oxygens (including phenoxy) is 2. The Morgan fingerprint density at radius 2 is 1.15 bits per heavy atom. The SMILES string of the molecule is CC=C(C)CCOC(=O)/C=C\C(=O)OCCC(C)=CC. The first-order valence-corrected chi connectivity index (χ1v) is 6.74. The van der Waals surface area contributed by atoms with Gasteiger partial charge in [-0.15, -0.1) is 0 Å². The Labute approximate surface area is 121 Å². The summed E-state index contributed by atoms with van der Waals surface area (Å²) in [5, 5.41) is 0. The highest BCUT2D eigenvalue weighted by Crippen LogP contribution is 2.00. The van der Waals surface area contributed by atoms with E-state index in [1.165, 1.54) is 0 Å². The van der Waals surface area contributed by atoms with Crippen LogP contribution in [0.15, 0.2) is 35.5 Å². The molecule has 0 fully saturated rings. The Balaban J connectivity index is 3.86. The predicted octanol–water partition coefficient (Wildman–Crippen LogP) is 3.34. The maximum Gasteiger partial charge on any atom is 0.331 e. The number of hydrogen-bond acceptors (Lipinski definition) is 4. The largest absolute Gasteiger partial charge is 0.462 e. The fraction of sp³-hybridized carbons (Fsp3) is 0.500. The molecule has 0 aliphatic carbocycles. The van der Waals surface area contributed by atoms with Crippen LogP contribution in [0.25, 0.3) is 0 Å². The van der Waals surface area contributed by atoms with Crippen LogP contribution in [-0.4, -0.2) is 25.2 Å². The Morgan fingerprint density at radius 3 is 1.45 bits per heavy atom. The van der Waals surface area contributed by atoms with Crippen molar-refractivity contribution >= 4 is 11.9 Å². The molecule has 0 unspecified atom stereocenters. The Kier molecular flexibility index (Phi) is 10.0. The summed E-state index contributed by atoms with van der Waals surface area (Å²) in [6, 6.07) is 0. The summed E-state index contributed by atoms with van der Waals surface area (Å²) in [5.74, 6) is -1.06. The van der Waals surface area contributed by atoms with Gasteiger partial charge < -0.3 is 9.47 Å². The van der Waals surface area contributed by atoms with Gasteiger partial charge in [0.2, 0.25) is 0 Å². The Hall–Kier alpha value is -1.84. The van der Waals surface area contributed by atoms with E-state index in [1.54, 1.807) is 0 Å². The summed E-state index contributed by atoms with van der Waals surface area (Å²) in [5.41, 5.74) is 2.31. The molecular weight excluding hydrogens is 256 g/mol. The average Bonchev–Trinajstić information content (AvgIpc) is 2.44. The standard InChI is InChI=1S/C16H24O4/c1-5-13(3)9-11-19-15(17)7-8-16(18)20-12-10-14(4)6-2/h5-8H,9-12H2,1-4H3/b8-7-,13-5?,14-6?. The molecule has 0 heterocycles. The van der Waals surface area contributed by atoms with Gasteiger partial charge in [-0.2, -0.15) is 0 Å². The molecule has 0 aromatic heterocycles. The van der Waals surface area contributed by atoms with Gasteiger partial charge in [-0.1, -0.05) is 23.3 Å². The molecule has 0 rings (SSSR count). The first-order chi connectivity index (χ1) is 9.49. The number of carbonyl (C=O) groups excluding carboxylic acids is 2. The maximum atomic E-state index is 11.3. The van der Waals surface area contributed by atoms with E-state index in [0.717, 1.165) is 23.3 Å². The number of hydrogen-bond donors (Lipinski definition) is 0. The summed E-state index contributed by atoms with van der Waals surface area (Å²) in [6.07, 6.45) is 7.51. The van der Waals surface area contributed by atoms with E-state index < -0.39 is 11.9 Å². The van der Waals surface area contributed by atoms with Crippen molar-refractivity contribution in [2.45, 2.75) is 40.5 Å². The van der Waals surface area contributed by atoms with E-state index in [9.17, 15) is 9.59 Å². The molecule has 0 N–H and O–H groups in total. The zero-order chi connectivity index (χ0) is 15.4. The van der Waals surface area contributed by atoms with Crippen molar-refractivity contribution < 1.29 is 19.1 Å². The van der Waals surface area contributed by atoms with Gasteiger partial charge in [0.05, 0.1) is 13.2 Å². The van der Waals surface area contributed by atoms with Crippen molar-refractivity contribution in [1.29, 1.82) is 0 Å². The van der Waals surface area contributed by atoms with Crippen molar-refractivity contribution in [3.05, 3.63) is 35.5 Å². The minimum absolute atomic E-state index is 0.314. The second kappa shape index (κ2) is 11.0. The van der Waals surface area contributed by atoms with Gasteiger partial charge in [0.15, 0.2) is 0 Å². The van der Waals surface area contributed by atoms with Gasteiger partial charge in [0, 0.05) is 25.0 Å². The Morgan fingerprint density at radius 1 is 0.800 bits per heavy atom. The molecule has 0 bridgehead atoms. The van der Waals surface area contributed by atoms with Gasteiger partial charge in [-0.3, -0.25) is 0 Å². The minimum atomic E-state index is -0.532. The molecule has 0 radical (unpaired) electrons. The lowest BCUT2D eigenvalue weighted by molar-refractivity contribution is -0.140. The summed E-state index contributed by atoms with van der Waals surface area (Å²) >= 11 is 0. The molecule has 0 atom stereocenters. The van der Waals surface area contributed by atoms with Gasteiger partial charge >= 0.3 is 11.9 Å². The number of rotatable bonds is 8. The second-order valence-corrected chi connectivity index (χ2v) is 4.44. The van der Waals surface area contributed by atoms with Crippen LogP contribution in [0.4, 0.5) is 0 Å². The molecule has 20 heavy (non-hydrogen) atoms. The highest BCUT2D eigenvalue weighted by Gasteiger charge is 2.01. The van der Waals surface area contributed by atoms with Crippen LogP contribution in [0.5, 0.6) is 0 Å². The van der Waals surface area contributed by atoms with Gasteiger partial charge in [-0.25, -0.2) is 9.59 Å². The van der Waals surface area contributed by atoms with E-state index in [0.29, 0.717) is 26.1 Å². The monoisotopic (exact) mass is 280 g/mol. The third kappa shape index (κ3) is 10.1. The van der Waals surface area contributed by atoms with Crippen molar-refractivity contribution in [3.63, 3.8) is 0 Å². The summed E-state index contributed by atoms with van der Waals surface area (Å²) in [7, 11) is 0. The van der Waals surface area contributed by atoms with E-state index in [4.69, 9.17) is 9.47 Å². The van der Waals surface area contributed by atoms with Crippen molar-refractivity contribution in [2.75, 3.05) is 13.2 Å². The fourth-order valence-corrected chi connectivity index (χ4v) is 1.15. The zero-order valence-electron chi connectivity index (χ0n) is 12.8. The predicted molar refractivity (Wildman–Crippen MR) is 79.2 cm³/mol. The third-order valence-corrected chi connectivity index (χ3v) is 2.82. The lowest BCUT2D eigenvalue weighted by atomic mass is 10.2. The molecule has 0 amide bonds. The quantitative estimate of drug-likeness (QED) is 0.389. The normalized spacial score (nSPS) is 12.6. The van der Waals surface area contributed by atoms with Crippen molar-refractivity contribution in [3.8, 4) is 0 Å². The molecule has 0 aliphatic heterocycles. The Bertz CT molecular complexity index is 365. The summed E-state index contributed by atoms with van der Waals surface area (Å²) in [6.45, 7) is 8.43. The van der Waals surface area contributed by atoms with E-state index in [-0.39, 0.29) is 0 Å². The highest BCUT2D eigenvalue weighted by atomic mass is 16.5. The van der Waals surface area contributed by atoms with Crippen LogP contribution in [0.2, 0.25) is 0 Å². The first-order valence-electron chi connectivity index (χ1n) is 6.74. The van der Waals surface area contributed by atoms with Gasteiger partial charge in [0.1, 0.15) is 0 Å². The number of esters is 2. The van der Waals surface area contributed by atoms with E-state index in [1.807, 2.05) is 39.8 Å².